The maximum Gasteiger partial charge on any atom is 0.308 e. The molecule has 1 atom stereocenters. The van der Waals surface area contributed by atoms with Gasteiger partial charge >= 0.3 is 5.97 Å². The first kappa shape index (κ1) is 18.2. The van der Waals surface area contributed by atoms with Crippen LogP contribution in [0.15, 0.2) is 24.3 Å². The number of hydrogen-bond donors (Lipinski definition) is 1. The summed E-state index contributed by atoms with van der Waals surface area (Å²) in [7, 11) is 1.58. The van der Waals surface area contributed by atoms with Gasteiger partial charge in [-0.05, 0) is 43.5 Å². The molecule has 2 aliphatic rings. The smallest absolute Gasteiger partial charge is 0.308 e. The van der Waals surface area contributed by atoms with E-state index in [1.807, 2.05) is 0 Å². The van der Waals surface area contributed by atoms with Crippen molar-refractivity contribution < 1.29 is 24.2 Å². The van der Waals surface area contributed by atoms with E-state index in [4.69, 9.17) is 9.84 Å². The van der Waals surface area contributed by atoms with Crippen molar-refractivity contribution in [3.8, 4) is 5.75 Å². The molecule has 0 spiro atoms. The molecule has 0 aromatic heterocycles. The molecule has 140 valence electrons. The number of carboxylic acid groups (broad SMARTS) is 1. The van der Waals surface area contributed by atoms with Gasteiger partial charge in [-0.1, -0.05) is 0 Å². The van der Waals surface area contributed by atoms with Crippen molar-refractivity contribution in [2.45, 2.75) is 19.3 Å². The second-order valence-corrected chi connectivity index (χ2v) is 6.90. The Morgan fingerprint density at radius 2 is 1.54 bits per heavy atom. The summed E-state index contributed by atoms with van der Waals surface area (Å²) in [6.07, 6.45) is 1.76. The molecular weight excluding hydrogens is 336 g/mol. The number of carboxylic acids is 1. The third kappa shape index (κ3) is 3.81. The Morgan fingerprint density at radius 1 is 0.962 bits per heavy atom. The lowest BCUT2D eigenvalue weighted by atomic mass is 9.95. The Hall–Kier alpha value is -2.57. The van der Waals surface area contributed by atoms with Gasteiger partial charge < -0.3 is 19.6 Å². The number of carbonyl (C=O) groups is 3. The Kier molecular flexibility index (Phi) is 5.44. The van der Waals surface area contributed by atoms with Crippen molar-refractivity contribution in [3.63, 3.8) is 0 Å². The fraction of sp³-hybridized carbons (Fsp3) is 0.526. The van der Waals surface area contributed by atoms with E-state index < -0.39 is 11.9 Å². The molecule has 0 aliphatic carbocycles. The van der Waals surface area contributed by atoms with Crippen molar-refractivity contribution in [2.75, 3.05) is 33.3 Å². The number of rotatable bonds is 4. The number of ether oxygens (including phenoxy) is 1. The van der Waals surface area contributed by atoms with E-state index in [-0.39, 0.29) is 17.7 Å². The summed E-state index contributed by atoms with van der Waals surface area (Å²) in [6, 6.07) is 7.01. The molecule has 1 aromatic rings. The van der Waals surface area contributed by atoms with E-state index in [2.05, 4.69) is 0 Å². The highest BCUT2D eigenvalue weighted by Gasteiger charge is 2.35. The molecule has 1 unspecified atom stereocenters. The number of methoxy groups -OCH3 is 1. The van der Waals surface area contributed by atoms with E-state index in [1.165, 1.54) is 0 Å². The van der Waals surface area contributed by atoms with E-state index >= 15 is 0 Å². The zero-order chi connectivity index (χ0) is 18.7. The van der Waals surface area contributed by atoms with Gasteiger partial charge in [0.05, 0.1) is 13.0 Å². The maximum atomic E-state index is 12.6. The number of piperidine rings is 1. The van der Waals surface area contributed by atoms with Crippen molar-refractivity contribution in [1.29, 1.82) is 0 Å². The average Bonchev–Trinajstić information content (AvgIpc) is 3.17. The molecule has 1 aromatic carbocycles. The number of likely N-dealkylation sites (tertiary alicyclic amines) is 2. The molecule has 3 rings (SSSR count). The summed E-state index contributed by atoms with van der Waals surface area (Å²) in [6.45, 7) is 1.90. The fourth-order valence-corrected chi connectivity index (χ4v) is 3.67. The van der Waals surface area contributed by atoms with Crippen LogP contribution in [0.2, 0.25) is 0 Å². The molecule has 2 fully saturated rings. The molecule has 26 heavy (non-hydrogen) atoms. The van der Waals surface area contributed by atoms with Crippen molar-refractivity contribution >= 4 is 17.8 Å². The summed E-state index contributed by atoms with van der Waals surface area (Å²) in [5.41, 5.74) is 0.611. The van der Waals surface area contributed by atoms with Crippen LogP contribution in [0.25, 0.3) is 0 Å². The zero-order valence-electron chi connectivity index (χ0n) is 14.9. The van der Waals surface area contributed by atoms with Crippen molar-refractivity contribution in [1.82, 2.24) is 9.80 Å². The lowest BCUT2D eigenvalue weighted by molar-refractivity contribution is -0.141. The topological polar surface area (TPSA) is 87.2 Å². The van der Waals surface area contributed by atoms with Gasteiger partial charge in [-0.15, -0.1) is 0 Å². The fourth-order valence-electron chi connectivity index (χ4n) is 3.67. The molecule has 0 radical (unpaired) electrons. The first-order chi connectivity index (χ1) is 12.5. The Morgan fingerprint density at radius 3 is 2.08 bits per heavy atom. The van der Waals surface area contributed by atoms with Crippen LogP contribution in [0, 0.1) is 11.8 Å². The van der Waals surface area contributed by atoms with E-state index in [1.54, 1.807) is 41.2 Å². The van der Waals surface area contributed by atoms with Gasteiger partial charge in [0.2, 0.25) is 5.91 Å². The zero-order valence-corrected chi connectivity index (χ0v) is 14.9. The predicted octanol–water partition coefficient (Wildman–Crippen LogP) is 1.48. The van der Waals surface area contributed by atoms with Gasteiger partial charge in [-0.25, -0.2) is 0 Å². The largest absolute Gasteiger partial charge is 0.497 e. The van der Waals surface area contributed by atoms with Gasteiger partial charge in [0, 0.05) is 37.7 Å². The van der Waals surface area contributed by atoms with E-state index in [0.717, 1.165) is 0 Å². The number of nitrogens with zero attached hydrogens (tertiary/aromatic N) is 2. The predicted molar refractivity (Wildman–Crippen MR) is 93.9 cm³/mol. The van der Waals surface area contributed by atoms with Crippen LogP contribution in [0.3, 0.4) is 0 Å². The van der Waals surface area contributed by atoms with Crippen LogP contribution in [0.1, 0.15) is 29.6 Å². The van der Waals surface area contributed by atoms with Crippen LogP contribution < -0.4 is 4.74 Å². The second kappa shape index (κ2) is 7.76. The number of hydrogen-bond acceptors (Lipinski definition) is 4. The monoisotopic (exact) mass is 360 g/mol. The Bertz CT molecular complexity index is 680. The van der Waals surface area contributed by atoms with Gasteiger partial charge in [-0.3, -0.25) is 14.4 Å². The molecule has 2 saturated heterocycles. The van der Waals surface area contributed by atoms with Crippen LogP contribution in [-0.2, 0) is 9.59 Å². The summed E-state index contributed by atoms with van der Waals surface area (Å²) in [4.78, 5) is 39.7. The van der Waals surface area contributed by atoms with E-state index in [0.29, 0.717) is 56.8 Å². The molecule has 2 aliphatic heterocycles. The van der Waals surface area contributed by atoms with Gasteiger partial charge in [-0.2, -0.15) is 0 Å². The van der Waals surface area contributed by atoms with Crippen molar-refractivity contribution in [2.24, 2.45) is 11.8 Å². The van der Waals surface area contributed by atoms with Gasteiger partial charge in [0.25, 0.3) is 5.91 Å². The molecule has 7 nitrogen and oxygen atoms in total. The first-order valence-corrected chi connectivity index (χ1v) is 8.94. The lowest BCUT2D eigenvalue weighted by Crippen LogP contribution is -2.44. The van der Waals surface area contributed by atoms with Crippen LogP contribution >= 0.6 is 0 Å². The van der Waals surface area contributed by atoms with Crippen LogP contribution in [-0.4, -0.2) is 66.0 Å². The summed E-state index contributed by atoms with van der Waals surface area (Å²) < 4.78 is 5.10. The number of aliphatic carboxylic acids is 1. The quantitative estimate of drug-likeness (QED) is 0.879. The first-order valence-electron chi connectivity index (χ1n) is 8.94. The minimum absolute atomic E-state index is 0.0327. The molecule has 2 amide bonds. The van der Waals surface area contributed by atoms with Gasteiger partial charge in [0.1, 0.15) is 5.75 Å². The molecule has 2 heterocycles. The van der Waals surface area contributed by atoms with Crippen LogP contribution in [0.4, 0.5) is 0 Å². The Labute approximate surface area is 152 Å². The van der Waals surface area contributed by atoms with Crippen molar-refractivity contribution in [3.05, 3.63) is 29.8 Å². The molecule has 7 heteroatoms. The molecule has 0 saturated carbocycles. The standard InChI is InChI=1S/C19H24N2O5/c1-26-16-4-2-13(3-5-16)17(22)20-9-6-14(7-10-20)18(23)21-11-8-15(12-21)19(24)25/h2-5,14-15H,6-12H2,1H3,(H,24,25). The summed E-state index contributed by atoms with van der Waals surface area (Å²) in [5.74, 6) is -0.703. The third-order valence-electron chi connectivity index (χ3n) is 5.32. The highest BCUT2D eigenvalue weighted by molar-refractivity contribution is 5.94. The van der Waals surface area contributed by atoms with E-state index in [9.17, 15) is 14.4 Å². The van der Waals surface area contributed by atoms with Crippen LogP contribution in [0.5, 0.6) is 5.75 Å². The average molecular weight is 360 g/mol. The summed E-state index contributed by atoms with van der Waals surface area (Å²) >= 11 is 0. The lowest BCUT2D eigenvalue weighted by Gasteiger charge is -2.33. The minimum Gasteiger partial charge on any atom is -0.497 e. The normalized spacial score (nSPS) is 20.9. The highest BCUT2D eigenvalue weighted by Crippen LogP contribution is 2.25. The minimum atomic E-state index is -0.833. The Balaban J connectivity index is 1.53. The number of carbonyl (C=O) groups excluding carboxylic acids is 2. The van der Waals surface area contributed by atoms with Gasteiger partial charge in [0.15, 0.2) is 0 Å². The number of benzene rings is 1. The third-order valence-corrected chi connectivity index (χ3v) is 5.32. The second-order valence-electron chi connectivity index (χ2n) is 6.90. The SMILES string of the molecule is COc1ccc(C(=O)N2CCC(C(=O)N3CCC(C(=O)O)C3)CC2)cc1. The maximum absolute atomic E-state index is 12.6. The summed E-state index contributed by atoms with van der Waals surface area (Å²) in [5, 5.41) is 9.07. The molecule has 1 N–H and O–H groups in total. The molecular formula is C19H24N2O5. The number of amides is 2. The molecule has 0 bridgehead atoms. The highest BCUT2D eigenvalue weighted by atomic mass is 16.5.